The number of furan rings is 1. The molecule has 3 aromatic heterocycles. The van der Waals surface area contributed by atoms with Crippen molar-refractivity contribution in [2.75, 3.05) is 13.1 Å². The monoisotopic (exact) mass is 490 g/mol. The van der Waals surface area contributed by atoms with Gasteiger partial charge in [0.05, 0.1) is 29.4 Å². The van der Waals surface area contributed by atoms with Gasteiger partial charge in [-0.15, -0.1) is 0 Å². The molecule has 1 N–H and O–H groups in total. The van der Waals surface area contributed by atoms with Crippen LogP contribution >= 0.6 is 11.6 Å². The maximum absolute atomic E-state index is 13.7. The summed E-state index contributed by atoms with van der Waals surface area (Å²) in [6.45, 7) is 3.16. The lowest BCUT2D eigenvalue weighted by molar-refractivity contribution is -0.136. The van der Waals surface area contributed by atoms with Crippen LogP contribution in [0.3, 0.4) is 0 Å². The van der Waals surface area contributed by atoms with Gasteiger partial charge in [0.1, 0.15) is 5.15 Å². The lowest BCUT2D eigenvalue weighted by atomic mass is 10.1. The Kier molecular flexibility index (Phi) is 5.50. The van der Waals surface area contributed by atoms with Gasteiger partial charge < -0.3 is 9.32 Å². The number of likely N-dealkylation sites (tertiary alicyclic amines) is 1. The number of hydrogen-bond donors (Lipinski definition) is 1. The zero-order valence-corrected chi connectivity index (χ0v) is 18.4. The van der Waals surface area contributed by atoms with E-state index in [1.807, 2.05) is 0 Å². The number of alkyl halides is 3. The first-order chi connectivity index (χ1) is 14.9. The molecular weight excluding hydrogens is 473 g/mol. The second-order valence-corrected chi connectivity index (χ2v) is 10.3. The van der Waals surface area contributed by atoms with E-state index in [1.54, 1.807) is 0 Å². The predicted molar refractivity (Wildman–Crippen MR) is 110 cm³/mol. The minimum Gasteiger partial charge on any atom is -0.472 e. The van der Waals surface area contributed by atoms with Crippen molar-refractivity contribution in [1.29, 1.82) is 0 Å². The average molecular weight is 491 g/mol. The molecule has 13 heteroatoms. The van der Waals surface area contributed by atoms with E-state index in [0.29, 0.717) is 5.56 Å². The molecule has 1 saturated heterocycles. The number of pyridine rings is 1. The quantitative estimate of drug-likeness (QED) is 0.591. The largest absolute Gasteiger partial charge is 0.472 e. The first-order valence-electron chi connectivity index (χ1n) is 9.50. The molecule has 0 spiro atoms. The molecule has 0 radical (unpaired) electrons. The van der Waals surface area contributed by atoms with E-state index in [9.17, 15) is 26.4 Å². The zero-order chi connectivity index (χ0) is 23.4. The van der Waals surface area contributed by atoms with E-state index in [2.05, 4.69) is 9.71 Å². The maximum Gasteiger partial charge on any atom is 0.420 e. The molecule has 1 aliphatic rings. The number of fused-ring (bicyclic) bond motifs is 1. The Hall–Kier alpha value is -2.57. The van der Waals surface area contributed by atoms with Crippen molar-refractivity contribution in [1.82, 2.24) is 19.0 Å². The third-order valence-corrected chi connectivity index (χ3v) is 7.41. The third kappa shape index (κ3) is 3.97. The van der Waals surface area contributed by atoms with Crippen LogP contribution in [0.4, 0.5) is 13.2 Å². The highest BCUT2D eigenvalue weighted by Crippen LogP contribution is 2.37. The predicted octanol–water partition coefficient (Wildman–Crippen LogP) is 3.42. The summed E-state index contributed by atoms with van der Waals surface area (Å²) in [7, 11) is -3.52. The number of aromatic nitrogens is 2. The Morgan fingerprint density at radius 1 is 1.31 bits per heavy atom. The summed E-state index contributed by atoms with van der Waals surface area (Å²) in [4.78, 5) is 18.0. The molecule has 8 nitrogen and oxygen atoms in total. The second kappa shape index (κ2) is 7.78. The highest BCUT2D eigenvalue weighted by molar-refractivity contribution is 7.90. The Labute approximate surface area is 186 Å². The van der Waals surface area contributed by atoms with Crippen LogP contribution in [-0.2, 0) is 16.2 Å². The van der Waals surface area contributed by atoms with Crippen molar-refractivity contribution in [3.8, 4) is 11.1 Å². The number of imidazole rings is 1. The van der Waals surface area contributed by atoms with E-state index in [0.717, 1.165) is 10.5 Å². The topological polar surface area (TPSA) is 96.9 Å². The molecule has 0 atom stereocenters. The first-order valence-corrected chi connectivity index (χ1v) is 11.4. The van der Waals surface area contributed by atoms with Crippen molar-refractivity contribution < 1.29 is 30.8 Å². The Balaban J connectivity index is 1.66. The van der Waals surface area contributed by atoms with Crippen molar-refractivity contribution in [2.24, 2.45) is 0 Å². The molecule has 0 bridgehead atoms. The Morgan fingerprint density at radius 2 is 2.00 bits per heavy atom. The molecular formula is C19H18ClF3N4O4S. The van der Waals surface area contributed by atoms with Gasteiger partial charge >= 0.3 is 6.18 Å². The van der Waals surface area contributed by atoms with Crippen LogP contribution in [0, 0.1) is 0 Å². The molecule has 0 saturated carbocycles. The molecule has 32 heavy (non-hydrogen) atoms. The number of rotatable bonds is 5. The molecule has 1 fully saturated rings. The number of carbonyl (C=O) groups excluding carboxylic acids is 1. The molecule has 1 amide bonds. The van der Waals surface area contributed by atoms with Crippen LogP contribution in [0.25, 0.3) is 16.8 Å². The van der Waals surface area contributed by atoms with Crippen LogP contribution in [-0.4, -0.2) is 53.0 Å². The van der Waals surface area contributed by atoms with Crippen LogP contribution in [0.2, 0.25) is 5.15 Å². The normalized spacial score (nSPS) is 15.5. The fourth-order valence-electron chi connectivity index (χ4n) is 3.29. The van der Waals surface area contributed by atoms with Crippen molar-refractivity contribution in [3.05, 3.63) is 47.3 Å². The molecule has 0 unspecified atom stereocenters. The number of amides is 1. The van der Waals surface area contributed by atoms with E-state index in [-0.39, 0.29) is 29.5 Å². The summed E-state index contributed by atoms with van der Waals surface area (Å²) >= 11 is 6.27. The van der Waals surface area contributed by atoms with Gasteiger partial charge in [0.2, 0.25) is 10.0 Å². The highest BCUT2D eigenvalue weighted by Gasteiger charge is 2.39. The number of carbonyl (C=O) groups is 1. The van der Waals surface area contributed by atoms with Gasteiger partial charge in [-0.2, -0.15) is 13.2 Å². The fraction of sp³-hybridized carbons (Fsp3) is 0.368. The van der Waals surface area contributed by atoms with E-state index >= 15 is 0 Å². The third-order valence-electron chi connectivity index (χ3n) is 5.14. The maximum atomic E-state index is 13.7. The molecule has 4 heterocycles. The van der Waals surface area contributed by atoms with Gasteiger partial charge in [0, 0.05) is 30.4 Å². The van der Waals surface area contributed by atoms with E-state index in [1.165, 1.54) is 43.5 Å². The molecule has 0 aliphatic carbocycles. The lowest BCUT2D eigenvalue weighted by Crippen LogP contribution is -2.61. The average Bonchev–Trinajstić information content (AvgIpc) is 3.31. The second-order valence-electron chi connectivity index (χ2n) is 7.72. The van der Waals surface area contributed by atoms with Gasteiger partial charge in [-0.3, -0.25) is 9.20 Å². The number of sulfonamides is 1. The van der Waals surface area contributed by atoms with E-state index < -0.39 is 44.6 Å². The Bertz CT molecular complexity index is 1280. The SMILES string of the molecule is CC(C)S(=O)(=O)NC1CN(C(=O)c2nc3c(C(F)(F)F)cc(-c4ccoc4)cn3c2Cl)C1. The summed E-state index contributed by atoms with van der Waals surface area (Å²) in [5, 5.41) is -0.905. The van der Waals surface area contributed by atoms with Crippen molar-refractivity contribution >= 4 is 33.2 Å². The van der Waals surface area contributed by atoms with Crippen LogP contribution in [0.5, 0.6) is 0 Å². The molecule has 1 aliphatic heterocycles. The van der Waals surface area contributed by atoms with Gasteiger partial charge in [-0.05, 0) is 26.0 Å². The summed E-state index contributed by atoms with van der Waals surface area (Å²) in [5.41, 5.74) is -1.31. The fourth-order valence-corrected chi connectivity index (χ4v) is 4.42. The number of halogens is 4. The molecule has 4 rings (SSSR count). The molecule has 0 aromatic carbocycles. The van der Waals surface area contributed by atoms with Crippen LogP contribution in [0.15, 0.2) is 35.3 Å². The molecule has 172 valence electrons. The van der Waals surface area contributed by atoms with Gasteiger partial charge in [0.15, 0.2) is 11.3 Å². The van der Waals surface area contributed by atoms with Crippen molar-refractivity contribution in [2.45, 2.75) is 31.3 Å². The minimum atomic E-state index is -4.74. The molecule has 3 aromatic rings. The minimum absolute atomic E-state index is 0.0569. The summed E-state index contributed by atoms with van der Waals surface area (Å²) < 4.78 is 73.5. The van der Waals surface area contributed by atoms with Gasteiger partial charge in [-0.1, -0.05) is 11.6 Å². The van der Waals surface area contributed by atoms with Gasteiger partial charge in [-0.25, -0.2) is 18.1 Å². The summed E-state index contributed by atoms with van der Waals surface area (Å²) in [6, 6.07) is 1.93. The van der Waals surface area contributed by atoms with Crippen LogP contribution < -0.4 is 4.72 Å². The van der Waals surface area contributed by atoms with Crippen molar-refractivity contribution in [3.63, 3.8) is 0 Å². The number of nitrogens with zero attached hydrogens (tertiary/aromatic N) is 3. The number of nitrogens with one attached hydrogen (secondary N) is 1. The Morgan fingerprint density at radius 3 is 2.56 bits per heavy atom. The summed E-state index contributed by atoms with van der Waals surface area (Å²) in [6.07, 6.45) is -0.786. The number of hydrogen-bond acceptors (Lipinski definition) is 5. The van der Waals surface area contributed by atoms with Crippen LogP contribution in [0.1, 0.15) is 29.9 Å². The smallest absolute Gasteiger partial charge is 0.420 e. The highest BCUT2D eigenvalue weighted by atomic mass is 35.5. The lowest BCUT2D eigenvalue weighted by Gasteiger charge is -2.39. The first kappa shape index (κ1) is 22.6. The standard InChI is InChI=1S/C19H18ClF3N4O4S/c1-10(2)32(29,30)25-13-7-26(8-13)18(28)15-16(20)27-6-12(11-3-4-31-9-11)5-14(17(27)24-15)19(21,22)23/h3-6,9-10,13,25H,7-8H2,1-2H3. The van der Waals surface area contributed by atoms with Gasteiger partial charge in [0.25, 0.3) is 5.91 Å². The van der Waals surface area contributed by atoms with E-state index in [4.69, 9.17) is 16.0 Å². The summed E-state index contributed by atoms with van der Waals surface area (Å²) in [5.74, 6) is -0.684. The zero-order valence-electron chi connectivity index (χ0n) is 16.9.